The zero-order valence-corrected chi connectivity index (χ0v) is 11.8. The first kappa shape index (κ1) is 15.1. The van der Waals surface area contributed by atoms with Crippen LogP contribution in [-0.4, -0.2) is 11.0 Å². The van der Waals surface area contributed by atoms with Gasteiger partial charge >= 0.3 is 0 Å². The van der Waals surface area contributed by atoms with Crippen LogP contribution < -0.4 is 11.1 Å². The molecular weight excluding hydrogens is 264 g/mol. The van der Waals surface area contributed by atoms with Gasteiger partial charge in [0.15, 0.2) is 0 Å². The number of amides is 1. The molecule has 0 aliphatic heterocycles. The molecule has 0 aliphatic carbocycles. The summed E-state index contributed by atoms with van der Waals surface area (Å²) in [7, 11) is 0. The summed E-state index contributed by atoms with van der Waals surface area (Å²) < 4.78 is 0. The standard InChI is InChI=1S/C17H20N2O2/c18-15(13-6-2-1-3-7-13)10-11-17(21)19-12-14-8-4-5-9-16(14)20/h1-9,15,20H,10-12,18H2,(H,19,21). The molecule has 4 nitrogen and oxygen atoms in total. The summed E-state index contributed by atoms with van der Waals surface area (Å²) in [6.45, 7) is 0.325. The molecule has 2 aromatic carbocycles. The van der Waals surface area contributed by atoms with Gasteiger partial charge in [-0.3, -0.25) is 4.79 Å². The van der Waals surface area contributed by atoms with Gasteiger partial charge in [-0.1, -0.05) is 48.5 Å². The Hall–Kier alpha value is -2.33. The summed E-state index contributed by atoms with van der Waals surface area (Å²) in [4.78, 5) is 11.8. The van der Waals surface area contributed by atoms with E-state index >= 15 is 0 Å². The summed E-state index contributed by atoms with van der Waals surface area (Å²) in [6.07, 6.45) is 0.959. The number of hydrogen-bond donors (Lipinski definition) is 3. The molecule has 4 heteroatoms. The van der Waals surface area contributed by atoms with Crippen LogP contribution in [0.3, 0.4) is 0 Å². The van der Waals surface area contributed by atoms with Crippen molar-refractivity contribution in [2.24, 2.45) is 5.73 Å². The Morgan fingerprint density at radius 2 is 1.76 bits per heavy atom. The van der Waals surface area contributed by atoms with E-state index in [1.54, 1.807) is 18.2 Å². The van der Waals surface area contributed by atoms with E-state index in [0.29, 0.717) is 24.9 Å². The van der Waals surface area contributed by atoms with E-state index in [9.17, 15) is 9.90 Å². The lowest BCUT2D eigenvalue weighted by molar-refractivity contribution is -0.121. The number of benzene rings is 2. The molecule has 21 heavy (non-hydrogen) atoms. The number of nitrogens with two attached hydrogens (primary N) is 1. The van der Waals surface area contributed by atoms with Gasteiger partial charge in [-0.2, -0.15) is 0 Å². The second-order valence-electron chi connectivity index (χ2n) is 4.96. The maximum atomic E-state index is 11.8. The van der Waals surface area contributed by atoms with E-state index in [0.717, 1.165) is 5.56 Å². The van der Waals surface area contributed by atoms with Crippen molar-refractivity contribution in [2.75, 3.05) is 0 Å². The van der Waals surface area contributed by atoms with Gasteiger partial charge in [0.2, 0.25) is 5.91 Å². The smallest absolute Gasteiger partial charge is 0.220 e. The zero-order chi connectivity index (χ0) is 15.1. The lowest BCUT2D eigenvalue weighted by Gasteiger charge is -2.12. The third-order valence-electron chi connectivity index (χ3n) is 3.38. The molecule has 4 N–H and O–H groups in total. The van der Waals surface area contributed by atoms with Crippen molar-refractivity contribution in [3.8, 4) is 5.75 Å². The van der Waals surface area contributed by atoms with E-state index < -0.39 is 0 Å². The summed E-state index contributed by atoms with van der Waals surface area (Å²) in [5, 5.41) is 12.4. The van der Waals surface area contributed by atoms with Crippen molar-refractivity contribution in [1.29, 1.82) is 0 Å². The fourth-order valence-electron chi connectivity index (χ4n) is 2.10. The molecule has 0 radical (unpaired) electrons. The summed E-state index contributed by atoms with van der Waals surface area (Å²) in [5.41, 5.74) is 7.79. The molecule has 2 rings (SSSR count). The minimum atomic E-state index is -0.137. The second-order valence-corrected chi connectivity index (χ2v) is 4.96. The maximum Gasteiger partial charge on any atom is 0.220 e. The summed E-state index contributed by atoms with van der Waals surface area (Å²) in [6, 6.07) is 16.6. The number of phenolic OH excluding ortho intramolecular Hbond substituents is 1. The van der Waals surface area contributed by atoms with Crippen molar-refractivity contribution in [1.82, 2.24) is 5.32 Å². The van der Waals surface area contributed by atoms with Crippen molar-refractivity contribution in [3.63, 3.8) is 0 Å². The van der Waals surface area contributed by atoms with Gasteiger partial charge in [0.1, 0.15) is 5.75 Å². The zero-order valence-electron chi connectivity index (χ0n) is 11.8. The lowest BCUT2D eigenvalue weighted by Crippen LogP contribution is -2.24. The van der Waals surface area contributed by atoms with E-state index in [2.05, 4.69) is 5.32 Å². The second kappa shape index (κ2) is 7.45. The largest absolute Gasteiger partial charge is 0.508 e. The normalized spacial score (nSPS) is 11.9. The topological polar surface area (TPSA) is 75.4 Å². The Bertz CT molecular complexity index is 584. The molecule has 0 heterocycles. The number of aromatic hydroxyl groups is 1. The van der Waals surface area contributed by atoms with Crippen LogP contribution in [0.2, 0.25) is 0 Å². The minimum absolute atomic E-state index is 0.0652. The molecule has 1 atom stereocenters. The van der Waals surface area contributed by atoms with Gasteiger partial charge in [0, 0.05) is 24.6 Å². The lowest BCUT2D eigenvalue weighted by atomic mass is 10.0. The summed E-state index contributed by atoms with van der Waals surface area (Å²) >= 11 is 0. The van der Waals surface area contributed by atoms with Gasteiger partial charge in [-0.25, -0.2) is 0 Å². The van der Waals surface area contributed by atoms with Crippen LogP contribution in [-0.2, 0) is 11.3 Å². The highest BCUT2D eigenvalue weighted by Gasteiger charge is 2.09. The number of carbonyl (C=O) groups is 1. The van der Waals surface area contributed by atoms with Gasteiger partial charge in [0.05, 0.1) is 0 Å². The van der Waals surface area contributed by atoms with Gasteiger partial charge in [0.25, 0.3) is 0 Å². The van der Waals surface area contributed by atoms with E-state index in [4.69, 9.17) is 5.73 Å². The van der Waals surface area contributed by atoms with Gasteiger partial charge in [-0.05, 0) is 18.1 Å². The first-order valence-electron chi connectivity index (χ1n) is 7.01. The highest BCUT2D eigenvalue weighted by atomic mass is 16.3. The Morgan fingerprint density at radius 1 is 1.10 bits per heavy atom. The molecule has 1 amide bonds. The molecule has 0 saturated carbocycles. The van der Waals surface area contributed by atoms with Crippen molar-refractivity contribution in [2.45, 2.75) is 25.4 Å². The third kappa shape index (κ3) is 4.61. The van der Waals surface area contributed by atoms with Crippen molar-refractivity contribution >= 4 is 5.91 Å². The SMILES string of the molecule is NC(CCC(=O)NCc1ccccc1O)c1ccccc1. The Kier molecular flexibility index (Phi) is 5.35. The quantitative estimate of drug-likeness (QED) is 0.763. The summed E-state index contributed by atoms with van der Waals surface area (Å²) in [5.74, 6) is 0.128. The highest BCUT2D eigenvalue weighted by Crippen LogP contribution is 2.16. The molecule has 0 aromatic heterocycles. The number of phenols is 1. The number of nitrogens with one attached hydrogen (secondary N) is 1. The minimum Gasteiger partial charge on any atom is -0.508 e. The first-order valence-corrected chi connectivity index (χ1v) is 7.01. The monoisotopic (exact) mass is 284 g/mol. The molecule has 0 bridgehead atoms. The van der Waals surface area contributed by atoms with E-state index in [-0.39, 0.29) is 17.7 Å². The van der Waals surface area contributed by atoms with Crippen molar-refractivity contribution in [3.05, 3.63) is 65.7 Å². The van der Waals surface area contributed by atoms with Gasteiger partial charge in [-0.15, -0.1) is 0 Å². The average molecular weight is 284 g/mol. The molecule has 110 valence electrons. The van der Waals surface area contributed by atoms with Crippen molar-refractivity contribution < 1.29 is 9.90 Å². The van der Waals surface area contributed by atoms with Crippen LogP contribution in [0.1, 0.15) is 30.0 Å². The average Bonchev–Trinajstić information content (AvgIpc) is 2.52. The van der Waals surface area contributed by atoms with E-state index in [1.807, 2.05) is 36.4 Å². The number of rotatable bonds is 6. The molecule has 2 aromatic rings. The fraction of sp³-hybridized carbons (Fsp3) is 0.235. The first-order chi connectivity index (χ1) is 10.2. The number of carbonyl (C=O) groups excluding carboxylic acids is 1. The van der Waals surface area contributed by atoms with Gasteiger partial charge < -0.3 is 16.2 Å². The highest BCUT2D eigenvalue weighted by molar-refractivity contribution is 5.76. The fourth-order valence-corrected chi connectivity index (χ4v) is 2.10. The Balaban J connectivity index is 1.76. The predicted octanol–water partition coefficient (Wildman–Crippen LogP) is 2.49. The van der Waals surface area contributed by atoms with Crippen LogP contribution in [0.15, 0.2) is 54.6 Å². The molecular formula is C17H20N2O2. The van der Waals surface area contributed by atoms with Crippen LogP contribution in [0.25, 0.3) is 0 Å². The van der Waals surface area contributed by atoms with Crippen LogP contribution >= 0.6 is 0 Å². The molecule has 0 fully saturated rings. The van der Waals surface area contributed by atoms with Crippen LogP contribution in [0.5, 0.6) is 5.75 Å². The predicted molar refractivity (Wildman–Crippen MR) is 82.6 cm³/mol. The number of para-hydroxylation sites is 1. The molecule has 0 aliphatic rings. The maximum absolute atomic E-state index is 11.8. The Labute approximate surface area is 124 Å². The van der Waals surface area contributed by atoms with Crippen LogP contribution in [0.4, 0.5) is 0 Å². The number of hydrogen-bond acceptors (Lipinski definition) is 3. The van der Waals surface area contributed by atoms with Crippen LogP contribution in [0, 0.1) is 0 Å². The van der Waals surface area contributed by atoms with E-state index in [1.165, 1.54) is 0 Å². The molecule has 0 spiro atoms. The Morgan fingerprint density at radius 3 is 2.48 bits per heavy atom. The third-order valence-corrected chi connectivity index (χ3v) is 3.38. The molecule has 0 saturated heterocycles. The molecule has 1 unspecified atom stereocenters.